The molecule has 0 radical (unpaired) electrons. The molecule has 178 valence electrons. The van der Waals surface area contributed by atoms with Gasteiger partial charge < -0.3 is 31.4 Å². The van der Waals surface area contributed by atoms with Crippen molar-refractivity contribution >= 4 is 48.1 Å². The Bertz CT molecular complexity index is 772. The van der Waals surface area contributed by atoms with Crippen molar-refractivity contribution in [3.63, 3.8) is 0 Å². The van der Waals surface area contributed by atoms with Gasteiger partial charge in [0, 0.05) is 24.1 Å². The minimum atomic E-state index is -1.21. The van der Waals surface area contributed by atoms with E-state index in [9.17, 15) is 24.3 Å². The average Bonchev–Trinajstić information content (AvgIpc) is 3.48. The fourth-order valence-electron chi connectivity index (χ4n) is 3.24. The van der Waals surface area contributed by atoms with E-state index in [0.717, 1.165) is 13.0 Å². The Morgan fingerprint density at radius 1 is 1.22 bits per heavy atom. The molecule has 0 aliphatic carbocycles. The van der Waals surface area contributed by atoms with Gasteiger partial charge in [0.2, 0.25) is 17.7 Å². The Kier molecular flexibility index (Phi) is 10.8. The topological polar surface area (TPSA) is 165 Å². The minimum Gasteiger partial charge on any atom is -0.480 e. The number of thioether (sulfide) groups is 1. The number of nitrogens with zero attached hydrogens (tertiary/aromatic N) is 1. The molecule has 4 atom stereocenters. The molecule has 2 heterocycles. The molecule has 0 aromatic carbocycles. The molecule has 1 aromatic heterocycles. The summed E-state index contributed by atoms with van der Waals surface area (Å²) in [5, 5.41) is 20.1. The smallest absolute Gasteiger partial charge is 0.327 e. The van der Waals surface area contributed by atoms with Crippen LogP contribution in [0.5, 0.6) is 0 Å². The van der Waals surface area contributed by atoms with Gasteiger partial charge in [-0.15, -0.1) is 0 Å². The Hall–Kier alpha value is -2.25. The number of amides is 3. The summed E-state index contributed by atoms with van der Waals surface area (Å²) in [4.78, 5) is 56.5. The van der Waals surface area contributed by atoms with Crippen LogP contribution < -0.4 is 21.3 Å². The minimum absolute atomic E-state index is 0.0861. The molecule has 1 aliphatic heterocycles. The van der Waals surface area contributed by atoms with E-state index in [1.807, 2.05) is 6.26 Å². The number of carboxylic acid groups (broad SMARTS) is 1. The Morgan fingerprint density at radius 2 is 1.94 bits per heavy atom. The van der Waals surface area contributed by atoms with Crippen LogP contribution in [-0.2, 0) is 25.6 Å². The van der Waals surface area contributed by atoms with Crippen LogP contribution in [0.15, 0.2) is 12.5 Å². The van der Waals surface area contributed by atoms with Crippen LogP contribution in [0.4, 0.5) is 0 Å². The third-order valence-electron chi connectivity index (χ3n) is 5.03. The first-order chi connectivity index (χ1) is 15.3. The second-order valence-corrected chi connectivity index (χ2v) is 8.77. The molecule has 0 spiro atoms. The summed E-state index contributed by atoms with van der Waals surface area (Å²) in [7, 11) is 0. The maximum Gasteiger partial charge on any atom is 0.327 e. The van der Waals surface area contributed by atoms with Crippen molar-refractivity contribution in [2.75, 3.05) is 24.3 Å². The second-order valence-electron chi connectivity index (χ2n) is 7.42. The molecule has 3 amide bonds. The number of imidazole rings is 1. The van der Waals surface area contributed by atoms with Crippen molar-refractivity contribution in [3.05, 3.63) is 18.2 Å². The first-order valence-corrected chi connectivity index (χ1v) is 12.3. The third-order valence-corrected chi connectivity index (χ3v) is 6.04. The zero-order valence-corrected chi connectivity index (χ0v) is 19.5. The first-order valence-electron chi connectivity index (χ1n) is 10.3. The van der Waals surface area contributed by atoms with Gasteiger partial charge in [0.1, 0.15) is 18.1 Å². The summed E-state index contributed by atoms with van der Waals surface area (Å²) in [5.41, 5.74) is 0.649. The van der Waals surface area contributed by atoms with Crippen LogP contribution in [0.25, 0.3) is 0 Å². The summed E-state index contributed by atoms with van der Waals surface area (Å²) in [6.07, 6.45) is 6.92. The predicted octanol–water partition coefficient (Wildman–Crippen LogP) is -1.07. The van der Waals surface area contributed by atoms with Crippen molar-refractivity contribution in [1.82, 2.24) is 31.2 Å². The van der Waals surface area contributed by atoms with Crippen molar-refractivity contribution in [2.24, 2.45) is 0 Å². The number of hydrogen-bond acceptors (Lipinski definition) is 8. The lowest BCUT2D eigenvalue weighted by molar-refractivity contribution is -0.141. The number of hydrogen-bond donors (Lipinski definition) is 7. The van der Waals surface area contributed by atoms with E-state index < -0.39 is 35.9 Å². The highest BCUT2D eigenvalue weighted by Gasteiger charge is 2.31. The number of thiol groups is 1. The average molecular weight is 487 g/mol. The standard InChI is InChI=1S/C19H30N6O5S2/c1-32-6-4-13(17(27)25-15(9-31)19(29)30)23-18(28)14(7-11-8-20-10-22-11)24-16(26)12-3-2-5-21-12/h8,10,12-15,21,31H,2-7,9H2,1H3,(H,20,22)(H,23,28)(H,24,26)(H,25,27)(H,29,30). The lowest BCUT2D eigenvalue weighted by Crippen LogP contribution is -2.57. The lowest BCUT2D eigenvalue weighted by atomic mass is 10.1. The summed E-state index contributed by atoms with van der Waals surface area (Å²) in [6, 6.07) is -3.43. The molecule has 1 saturated heterocycles. The molecular weight excluding hydrogens is 456 g/mol. The van der Waals surface area contributed by atoms with Gasteiger partial charge in [0.15, 0.2) is 0 Å². The molecule has 1 aliphatic rings. The second kappa shape index (κ2) is 13.3. The normalized spacial score (nSPS) is 18.4. The number of nitrogens with one attached hydrogen (secondary N) is 5. The van der Waals surface area contributed by atoms with Gasteiger partial charge in [-0.25, -0.2) is 9.78 Å². The van der Waals surface area contributed by atoms with E-state index in [-0.39, 0.29) is 24.1 Å². The highest BCUT2D eigenvalue weighted by atomic mass is 32.2. The quantitative estimate of drug-likeness (QED) is 0.173. The van der Waals surface area contributed by atoms with E-state index in [4.69, 9.17) is 0 Å². The molecule has 11 nitrogen and oxygen atoms in total. The van der Waals surface area contributed by atoms with Crippen LogP contribution in [-0.4, -0.2) is 87.2 Å². The van der Waals surface area contributed by atoms with Crippen LogP contribution in [0.1, 0.15) is 25.0 Å². The Morgan fingerprint density at radius 3 is 2.50 bits per heavy atom. The maximum atomic E-state index is 13.1. The van der Waals surface area contributed by atoms with Crippen LogP contribution >= 0.6 is 24.4 Å². The van der Waals surface area contributed by atoms with Gasteiger partial charge in [-0.05, 0) is 37.8 Å². The number of carboxylic acids is 1. The number of rotatable bonds is 13. The van der Waals surface area contributed by atoms with Crippen LogP contribution in [0.2, 0.25) is 0 Å². The van der Waals surface area contributed by atoms with E-state index >= 15 is 0 Å². The lowest BCUT2D eigenvalue weighted by Gasteiger charge is -2.24. The predicted molar refractivity (Wildman–Crippen MR) is 124 cm³/mol. The number of carbonyl (C=O) groups is 4. The summed E-state index contributed by atoms with van der Waals surface area (Å²) in [5.74, 6) is -2.16. The molecule has 0 saturated carbocycles. The summed E-state index contributed by atoms with van der Waals surface area (Å²) >= 11 is 5.44. The molecule has 32 heavy (non-hydrogen) atoms. The zero-order valence-electron chi connectivity index (χ0n) is 17.8. The number of aromatic amines is 1. The summed E-state index contributed by atoms with van der Waals surface area (Å²) in [6.45, 7) is 0.738. The maximum absolute atomic E-state index is 13.1. The van der Waals surface area contributed by atoms with E-state index in [1.54, 1.807) is 6.20 Å². The largest absolute Gasteiger partial charge is 0.480 e. The molecular formula is C19H30N6O5S2. The molecule has 1 fully saturated rings. The van der Waals surface area contributed by atoms with Gasteiger partial charge in [-0.3, -0.25) is 14.4 Å². The molecule has 13 heteroatoms. The molecule has 4 unspecified atom stereocenters. The highest BCUT2D eigenvalue weighted by Crippen LogP contribution is 2.08. The van der Waals surface area contributed by atoms with Crippen molar-refractivity contribution in [3.8, 4) is 0 Å². The van der Waals surface area contributed by atoms with Crippen molar-refractivity contribution in [1.29, 1.82) is 0 Å². The molecule has 2 rings (SSSR count). The fraction of sp³-hybridized carbons (Fsp3) is 0.632. The van der Waals surface area contributed by atoms with Crippen LogP contribution in [0, 0.1) is 0 Å². The van der Waals surface area contributed by atoms with Gasteiger partial charge in [-0.2, -0.15) is 24.4 Å². The number of H-pyrrole nitrogens is 1. The molecule has 6 N–H and O–H groups in total. The number of aromatic nitrogens is 2. The first kappa shape index (κ1) is 26.0. The van der Waals surface area contributed by atoms with Gasteiger partial charge in [0.05, 0.1) is 12.4 Å². The van der Waals surface area contributed by atoms with Crippen molar-refractivity contribution in [2.45, 2.75) is 49.9 Å². The third kappa shape index (κ3) is 8.02. The molecule has 1 aromatic rings. The fourth-order valence-corrected chi connectivity index (χ4v) is 3.96. The highest BCUT2D eigenvalue weighted by molar-refractivity contribution is 7.98. The number of aliphatic carboxylic acids is 1. The van der Waals surface area contributed by atoms with E-state index in [2.05, 4.69) is 43.9 Å². The Labute approximate surface area is 196 Å². The van der Waals surface area contributed by atoms with Gasteiger partial charge in [0.25, 0.3) is 0 Å². The van der Waals surface area contributed by atoms with E-state index in [1.165, 1.54) is 18.1 Å². The monoisotopic (exact) mass is 486 g/mol. The number of carbonyl (C=O) groups excluding carboxylic acids is 3. The Balaban J connectivity index is 2.11. The van der Waals surface area contributed by atoms with Crippen molar-refractivity contribution < 1.29 is 24.3 Å². The van der Waals surface area contributed by atoms with E-state index in [0.29, 0.717) is 24.3 Å². The van der Waals surface area contributed by atoms with Crippen LogP contribution in [0.3, 0.4) is 0 Å². The van der Waals surface area contributed by atoms with Gasteiger partial charge in [-0.1, -0.05) is 0 Å². The van der Waals surface area contributed by atoms with Gasteiger partial charge >= 0.3 is 5.97 Å². The zero-order chi connectivity index (χ0) is 23.5. The summed E-state index contributed by atoms with van der Waals surface area (Å²) < 4.78 is 0. The SMILES string of the molecule is CSCCC(NC(=O)C(Cc1cnc[nH]1)NC(=O)C1CCCN1)C(=O)NC(CS)C(=O)O. The molecule has 0 bridgehead atoms.